The molecule has 0 unspecified atom stereocenters. The van der Waals surface area contributed by atoms with E-state index in [0.29, 0.717) is 11.3 Å². The van der Waals surface area contributed by atoms with Crippen molar-refractivity contribution in [2.75, 3.05) is 6.54 Å². The molecule has 0 radical (unpaired) electrons. The van der Waals surface area contributed by atoms with Gasteiger partial charge < -0.3 is 10.3 Å². The van der Waals surface area contributed by atoms with E-state index < -0.39 is 10.0 Å². The minimum absolute atomic E-state index is 0.219. The fourth-order valence-corrected chi connectivity index (χ4v) is 3.99. The van der Waals surface area contributed by atoms with E-state index >= 15 is 0 Å². The van der Waals surface area contributed by atoms with Gasteiger partial charge in [0.2, 0.25) is 10.0 Å². The lowest BCUT2D eigenvalue weighted by atomic mass is 10.4. The number of thiophene rings is 1. The van der Waals surface area contributed by atoms with Crippen molar-refractivity contribution in [3.05, 3.63) is 28.5 Å². The van der Waals surface area contributed by atoms with E-state index in [4.69, 9.17) is 5.73 Å². The standard InChI is InChI=1S/C10H15N5O2S2/c1-15-7-12-14-10(15)2-4-13-19(16,17)9-3-5-18-8(9)6-11/h3,5,7,13H,2,4,6,11H2,1H3. The van der Waals surface area contributed by atoms with Crippen LogP contribution in [0.25, 0.3) is 0 Å². The molecule has 2 rings (SSSR count). The summed E-state index contributed by atoms with van der Waals surface area (Å²) < 4.78 is 28.5. The van der Waals surface area contributed by atoms with E-state index in [0.717, 1.165) is 5.82 Å². The number of nitrogens with one attached hydrogen (secondary N) is 1. The Morgan fingerprint density at radius 1 is 1.53 bits per heavy atom. The summed E-state index contributed by atoms with van der Waals surface area (Å²) in [4.78, 5) is 0.920. The molecule has 0 atom stereocenters. The van der Waals surface area contributed by atoms with Gasteiger partial charge in [-0.3, -0.25) is 0 Å². The zero-order chi connectivity index (χ0) is 13.9. The fourth-order valence-electron chi connectivity index (χ4n) is 1.63. The summed E-state index contributed by atoms with van der Waals surface area (Å²) in [5.41, 5.74) is 5.51. The van der Waals surface area contributed by atoms with Crippen molar-refractivity contribution < 1.29 is 8.42 Å². The third-order valence-corrected chi connectivity index (χ3v) is 5.24. The molecule has 2 heterocycles. The second-order valence-electron chi connectivity index (χ2n) is 3.92. The maximum absolute atomic E-state index is 12.1. The largest absolute Gasteiger partial charge is 0.326 e. The number of hydrogen-bond donors (Lipinski definition) is 2. The highest BCUT2D eigenvalue weighted by molar-refractivity contribution is 7.89. The number of nitrogens with two attached hydrogens (primary N) is 1. The number of nitrogens with zero attached hydrogens (tertiary/aromatic N) is 3. The number of aromatic nitrogens is 3. The van der Waals surface area contributed by atoms with Gasteiger partial charge >= 0.3 is 0 Å². The summed E-state index contributed by atoms with van der Waals surface area (Å²) in [7, 11) is -1.69. The highest BCUT2D eigenvalue weighted by Gasteiger charge is 2.18. The molecule has 0 aliphatic heterocycles. The lowest BCUT2D eigenvalue weighted by molar-refractivity contribution is 0.579. The lowest BCUT2D eigenvalue weighted by Crippen LogP contribution is -2.27. The highest BCUT2D eigenvalue weighted by atomic mass is 32.2. The highest BCUT2D eigenvalue weighted by Crippen LogP contribution is 2.20. The first kappa shape index (κ1) is 14.1. The van der Waals surface area contributed by atoms with Crippen LogP contribution < -0.4 is 10.5 Å². The Morgan fingerprint density at radius 3 is 2.95 bits per heavy atom. The molecule has 0 fully saturated rings. The molecular weight excluding hydrogens is 286 g/mol. The Bertz CT molecular complexity index is 646. The minimum Gasteiger partial charge on any atom is -0.326 e. The third-order valence-electron chi connectivity index (χ3n) is 2.63. The third kappa shape index (κ3) is 3.18. The lowest BCUT2D eigenvalue weighted by Gasteiger charge is -2.06. The van der Waals surface area contributed by atoms with Gasteiger partial charge in [-0.05, 0) is 11.4 Å². The summed E-state index contributed by atoms with van der Waals surface area (Å²) in [6.45, 7) is 0.492. The molecule has 0 bridgehead atoms. The van der Waals surface area contributed by atoms with Gasteiger partial charge in [0.25, 0.3) is 0 Å². The number of hydrogen-bond acceptors (Lipinski definition) is 6. The Balaban J connectivity index is 2.01. The maximum Gasteiger partial charge on any atom is 0.241 e. The van der Waals surface area contributed by atoms with Crippen LogP contribution in [0.4, 0.5) is 0 Å². The second kappa shape index (κ2) is 5.78. The van der Waals surface area contributed by atoms with Crippen LogP contribution in [0.3, 0.4) is 0 Å². The first-order chi connectivity index (χ1) is 9.04. The molecule has 104 valence electrons. The predicted molar refractivity (Wildman–Crippen MR) is 72.1 cm³/mol. The molecule has 19 heavy (non-hydrogen) atoms. The summed E-state index contributed by atoms with van der Waals surface area (Å²) in [6.07, 6.45) is 2.06. The van der Waals surface area contributed by atoms with Gasteiger partial charge in [0, 0.05) is 31.4 Å². The SMILES string of the molecule is Cn1cnnc1CCNS(=O)(=O)c1ccsc1CN. The molecule has 0 spiro atoms. The van der Waals surface area contributed by atoms with E-state index in [1.54, 1.807) is 22.3 Å². The molecule has 9 heteroatoms. The quantitative estimate of drug-likeness (QED) is 0.773. The second-order valence-corrected chi connectivity index (χ2v) is 6.65. The van der Waals surface area contributed by atoms with Gasteiger partial charge in [0.1, 0.15) is 12.2 Å². The summed E-state index contributed by atoms with van der Waals surface area (Å²) >= 11 is 1.34. The molecule has 3 N–H and O–H groups in total. The number of sulfonamides is 1. The summed E-state index contributed by atoms with van der Waals surface area (Å²) in [6, 6.07) is 1.57. The van der Waals surface area contributed by atoms with Crippen molar-refractivity contribution in [1.29, 1.82) is 0 Å². The molecule has 0 aliphatic rings. The van der Waals surface area contributed by atoms with Gasteiger partial charge in [-0.15, -0.1) is 21.5 Å². The first-order valence-corrected chi connectivity index (χ1v) is 8.00. The Labute approximate surface area is 115 Å². The van der Waals surface area contributed by atoms with Gasteiger partial charge in [0.15, 0.2) is 0 Å². The van der Waals surface area contributed by atoms with Crippen molar-refractivity contribution in [3.63, 3.8) is 0 Å². The van der Waals surface area contributed by atoms with Gasteiger partial charge in [-0.25, -0.2) is 13.1 Å². The molecule has 2 aromatic heterocycles. The zero-order valence-corrected chi connectivity index (χ0v) is 12.0. The monoisotopic (exact) mass is 301 g/mol. The van der Waals surface area contributed by atoms with Gasteiger partial charge in [0.05, 0.1) is 4.90 Å². The first-order valence-electron chi connectivity index (χ1n) is 5.63. The average Bonchev–Trinajstić information content (AvgIpc) is 2.98. The van der Waals surface area contributed by atoms with Crippen LogP contribution in [-0.4, -0.2) is 29.7 Å². The van der Waals surface area contributed by atoms with Gasteiger partial charge in [-0.2, -0.15) is 0 Å². The molecular formula is C10H15N5O2S2. The van der Waals surface area contributed by atoms with Crippen LogP contribution in [0.5, 0.6) is 0 Å². The molecule has 7 nitrogen and oxygen atoms in total. The molecule has 0 saturated carbocycles. The van der Waals surface area contributed by atoms with E-state index in [2.05, 4.69) is 14.9 Å². The van der Waals surface area contributed by atoms with Crippen LogP contribution in [0.2, 0.25) is 0 Å². The van der Waals surface area contributed by atoms with E-state index in [9.17, 15) is 8.42 Å². The zero-order valence-electron chi connectivity index (χ0n) is 10.4. The van der Waals surface area contributed by atoms with Crippen molar-refractivity contribution in [3.8, 4) is 0 Å². The van der Waals surface area contributed by atoms with E-state index in [1.807, 2.05) is 7.05 Å². The number of aryl methyl sites for hydroxylation is 1. The Kier molecular flexibility index (Phi) is 4.30. The van der Waals surface area contributed by atoms with Crippen molar-refractivity contribution in [2.45, 2.75) is 17.9 Å². The molecule has 0 amide bonds. The van der Waals surface area contributed by atoms with Crippen LogP contribution in [0.1, 0.15) is 10.7 Å². The van der Waals surface area contributed by atoms with Crippen LogP contribution in [-0.2, 0) is 30.0 Å². The Hall–Kier alpha value is -1.29. The topological polar surface area (TPSA) is 103 Å². The van der Waals surface area contributed by atoms with Crippen LogP contribution in [0.15, 0.2) is 22.7 Å². The molecule has 0 aliphatic carbocycles. The molecule has 2 aromatic rings. The normalized spacial score (nSPS) is 11.9. The van der Waals surface area contributed by atoms with Crippen molar-refractivity contribution in [2.24, 2.45) is 12.8 Å². The van der Waals surface area contributed by atoms with Gasteiger partial charge in [-0.1, -0.05) is 0 Å². The van der Waals surface area contributed by atoms with Crippen LogP contribution in [0, 0.1) is 0 Å². The van der Waals surface area contributed by atoms with E-state index in [-0.39, 0.29) is 18.0 Å². The van der Waals surface area contributed by atoms with Crippen molar-refractivity contribution >= 4 is 21.4 Å². The maximum atomic E-state index is 12.1. The Morgan fingerprint density at radius 2 is 2.32 bits per heavy atom. The van der Waals surface area contributed by atoms with Crippen molar-refractivity contribution in [1.82, 2.24) is 19.5 Å². The molecule has 0 aromatic carbocycles. The summed E-state index contributed by atoms with van der Waals surface area (Å²) in [5, 5.41) is 9.35. The van der Waals surface area contributed by atoms with Crippen LogP contribution >= 0.6 is 11.3 Å². The van der Waals surface area contributed by atoms with E-state index in [1.165, 1.54) is 11.3 Å². The fraction of sp³-hybridized carbons (Fsp3) is 0.400. The number of rotatable bonds is 6. The minimum atomic E-state index is -3.50. The average molecular weight is 301 g/mol. The summed E-state index contributed by atoms with van der Waals surface area (Å²) in [5.74, 6) is 0.729. The smallest absolute Gasteiger partial charge is 0.241 e. The predicted octanol–water partition coefficient (Wildman–Crippen LogP) is -0.144. The molecule has 0 saturated heterocycles.